The number of hydrogen-bond acceptors (Lipinski definition) is 5. The summed E-state index contributed by atoms with van der Waals surface area (Å²) in [7, 11) is 0. The molecule has 0 bridgehead atoms. The van der Waals surface area contributed by atoms with Crippen LogP contribution in [0.4, 0.5) is 10.1 Å². The molecule has 1 aromatic carbocycles. The van der Waals surface area contributed by atoms with E-state index >= 15 is 0 Å². The Morgan fingerprint density at radius 2 is 2.15 bits per heavy atom. The third-order valence-electron chi connectivity index (χ3n) is 5.65. The summed E-state index contributed by atoms with van der Waals surface area (Å²) < 4.78 is 19.0. The number of hydrogen-bond donors (Lipinski definition) is 3. The Morgan fingerprint density at radius 3 is 2.91 bits per heavy atom. The van der Waals surface area contributed by atoms with Crippen molar-refractivity contribution in [2.24, 2.45) is 0 Å². The van der Waals surface area contributed by atoms with Crippen LogP contribution in [0.15, 0.2) is 18.2 Å². The van der Waals surface area contributed by atoms with Crippen LogP contribution < -0.4 is 10.6 Å². The number of carbonyl (C=O) groups is 3. The highest BCUT2D eigenvalue weighted by molar-refractivity contribution is 6.34. The molecule has 1 atom stereocenters. The Bertz CT molecular complexity index is 1160. The molecule has 174 valence electrons. The molecule has 3 amide bonds. The highest BCUT2D eigenvalue weighted by atomic mass is 19.1. The van der Waals surface area contributed by atoms with Crippen molar-refractivity contribution in [2.75, 3.05) is 31.7 Å². The van der Waals surface area contributed by atoms with Crippen molar-refractivity contribution in [1.82, 2.24) is 15.4 Å². The van der Waals surface area contributed by atoms with E-state index in [1.165, 1.54) is 23.3 Å². The number of amides is 3. The minimum atomic E-state index is -0.801. The number of carbonyl (C=O) groups excluding carboxylic acids is 3. The van der Waals surface area contributed by atoms with Gasteiger partial charge < -0.3 is 20.4 Å². The minimum absolute atomic E-state index is 0.0403. The molecule has 2 aromatic rings. The van der Waals surface area contributed by atoms with Gasteiger partial charge in [-0.15, -0.1) is 0 Å². The number of nitrogens with one attached hydrogen (secondary N) is 3. The molecule has 3 heterocycles. The lowest BCUT2D eigenvalue weighted by atomic mass is 10.0. The van der Waals surface area contributed by atoms with Gasteiger partial charge in [0.25, 0.3) is 17.7 Å². The average Bonchev–Trinajstić information content (AvgIpc) is 3.37. The second kappa shape index (κ2) is 9.16. The second-order valence-electron chi connectivity index (χ2n) is 7.82. The van der Waals surface area contributed by atoms with Crippen LogP contribution in [0, 0.1) is 19.7 Å². The van der Waals surface area contributed by atoms with Crippen molar-refractivity contribution in [3.8, 4) is 0 Å². The summed E-state index contributed by atoms with van der Waals surface area (Å²) in [5, 5.41) is 6.62. The predicted molar refractivity (Wildman–Crippen MR) is 119 cm³/mol. The number of rotatable bonds is 7. The van der Waals surface area contributed by atoms with E-state index in [1.54, 1.807) is 19.9 Å². The molecule has 0 saturated carbocycles. The van der Waals surface area contributed by atoms with Crippen LogP contribution in [-0.4, -0.2) is 60.2 Å². The van der Waals surface area contributed by atoms with Gasteiger partial charge in [-0.05, 0) is 50.6 Å². The van der Waals surface area contributed by atoms with Crippen LogP contribution in [-0.2, 0) is 19.2 Å². The SMILES string of the molecule is CCOCCN1OC[C@@H](NC(=O)c2c(C)[nH]c(C=C3C(=O)Nc4ccc(F)cc43)c2C)C1=O. The van der Waals surface area contributed by atoms with Gasteiger partial charge >= 0.3 is 0 Å². The van der Waals surface area contributed by atoms with Gasteiger partial charge in [0.05, 0.1) is 24.3 Å². The fourth-order valence-corrected chi connectivity index (χ4v) is 3.98. The number of aromatic nitrogens is 1. The highest BCUT2D eigenvalue weighted by Crippen LogP contribution is 2.34. The van der Waals surface area contributed by atoms with E-state index in [-0.39, 0.29) is 25.0 Å². The van der Waals surface area contributed by atoms with Crippen molar-refractivity contribution in [1.29, 1.82) is 0 Å². The molecule has 0 aliphatic carbocycles. The Balaban J connectivity index is 1.53. The lowest BCUT2D eigenvalue weighted by Crippen LogP contribution is -2.43. The number of ether oxygens (including phenoxy) is 1. The van der Waals surface area contributed by atoms with Crippen molar-refractivity contribution in [3.63, 3.8) is 0 Å². The number of halogens is 1. The number of aromatic amines is 1. The van der Waals surface area contributed by atoms with Gasteiger partial charge in [0, 0.05) is 29.2 Å². The minimum Gasteiger partial charge on any atom is -0.380 e. The van der Waals surface area contributed by atoms with Crippen LogP contribution in [0.3, 0.4) is 0 Å². The van der Waals surface area contributed by atoms with E-state index in [0.717, 1.165) is 0 Å². The van der Waals surface area contributed by atoms with Crippen LogP contribution >= 0.6 is 0 Å². The van der Waals surface area contributed by atoms with Gasteiger partial charge in [-0.3, -0.25) is 19.2 Å². The molecule has 0 unspecified atom stereocenters. The molecule has 2 aliphatic rings. The maximum atomic E-state index is 13.7. The van der Waals surface area contributed by atoms with E-state index in [4.69, 9.17) is 9.57 Å². The third-order valence-corrected chi connectivity index (χ3v) is 5.65. The first kappa shape index (κ1) is 22.7. The molecule has 10 heteroatoms. The summed E-state index contributed by atoms with van der Waals surface area (Å²) >= 11 is 0. The van der Waals surface area contributed by atoms with Gasteiger partial charge in [0.1, 0.15) is 18.5 Å². The molecule has 2 aliphatic heterocycles. The molecule has 1 aromatic heterocycles. The Morgan fingerprint density at radius 1 is 1.36 bits per heavy atom. The first-order valence-electron chi connectivity index (χ1n) is 10.6. The zero-order chi connectivity index (χ0) is 23.7. The van der Waals surface area contributed by atoms with Gasteiger partial charge in [0.2, 0.25) is 0 Å². The van der Waals surface area contributed by atoms with E-state index in [1.807, 2.05) is 6.92 Å². The molecular weight excluding hydrogens is 431 g/mol. The summed E-state index contributed by atoms with van der Waals surface area (Å²) in [6, 6.07) is 3.28. The molecule has 9 nitrogen and oxygen atoms in total. The van der Waals surface area contributed by atoms with Gasteiger partial charge in [-0.1, -0.05) is 0 Å². The zero-order valence-corrected chi connectivity index (χ0v) is 18.6. The number of benzene rings is 1. The van der Waals surface area contributed by atoms with E-state index in [0.29, 0.717) is 52.6 Å². The maximum Gasteiger partial charge on any atom is 0.271 e. The molecule has 0 spiro atoms. The van der Waals surface area contributed by atoms with Crippen molar-refractivity contribution in [3.05, 3.63) is 52.1 Å². The third kappa shape index (κ3) is 4.39. The van der Waals surface area contributed by atoms with E-state index in [2.05, 4.69) is 15.6 Å². The second-order valence-corrected chi connectivity index (χ2v) is 7.82. The van der Waals surface area contributed by atoms with Gasteiger partial charge in [0.15, 0.2) is 0 Å². The molecule has 3 N–H and O–H groups in total. The van der Waals surface area contributed by atoms with Crippen molar-refractivity contribution < 1.29 is 28.3 Å². The number of aryl methyl sites for hydroxylation is 1. The van der Waals surface area contributed by atoms with Crippen molar-refractivity contribution >= 4 is 35.1 Å². The summed E-state index contributed by atoms with van der Waals surface area (Å²) in [5.41, 5.74) is 3.39. The largest absolute Gasteiger partial charge is 0.380 e. The zero-order valence-electron chi connectivity index (χ0n) is 18.6. The monoisotopic (exact) mass is 456 g/mol. The van der Waals surface area contributed by atoms with Crippen molar-refractivity contribution in [2.45, 2.75) is 26.8 Å². The Kier molecular flexibility index (Phi) is 6.30. The number of fused-ring (bicyclic) bond motifs is 1. The van der Waals surface area contributed by atoms with Crippen LogP contribution in [0.2, 0.25) is 0 Å². The summed E-state index contributed by atoms with van der Waals surface area (Å²) in [6.45, 7) is 6.53. The normalized spacial score (nSPS) is 18.7. The first-order chi connectivity index (χ1) is 15.8. The Labute approximate surface area is 189 Å². The quantitative estimate of drug-likeness (QED) is 0.437. The fourth-order valence-electron chi connectivity index (χ4n) is 3.98. The molecule has 4 rings (SSSR count). The number of H-pyrrole nitrogens is 1. The lowest BCUT2D eigenvalue weighted by molar-refractivity contribution is -0.164. The smallest absolute Gasteiger partial charge is 0.271 e. The standard InChI is InChI=1S/C23H25FN4O5/c1-4-32-8-7-28-23(31)19(11-33-28)27-22(30)20-12(2)18(25-13(20)3)10-16-15-9-14(24)5-6-17(15)26-21(16)29/h5-6,9-10,19,25H,4,7-8,11H2,1-3H3,(H,26,29)(H,27,30)/t19-/m1/s1. The molecule has 1 saturated heterocycles. The molecule has 1 fully saturated rings. The average molecular weight is 456 g/mol. The Hall–Kier alpha value is -3.50. The van der Waals surface area contributed by atoms with Gasteiger partial charge in [-0.2, -0.15) is 0 Å². The first-order valence-corrected chi connectivity index (χ1v) is 10.6. The number of hydroxylamine groups is 2. The summed E-state index contributed by atoms with van der Waals surface area (Å²) in [4.78, 5) is 46.4. The van der Waals surface area contributed by atoms with E-state index < -0.39 is 17.8 Å². The van der Waals surface area contributed by atoms with Crippen LogP contribution in [0.25, 0.3) is 11.6 Å². The number of nitrogens with zero attached hydrogens (tertiary/aromatic N) is 1. The van der Waals surface area contributed by atoms with E-state index in [9.17, 15) is 18.8 Å². The highest BCUT2D eigenvalue weighted by Gasteiger charge is 2.35. The molecule has 0 radical (unpaired) electrons. The maximum absolute atomic E-state index is 13.7. The van der Waals surface area contributed by atoms with Gasteiger partial charge in [-0.25, -0.2) is 9.45 Å². The van der Waals surface area contributed by atoms with Crippen LogP contribution in [0.1, 0.15) is 39.8 Å². The summed E-state index contributed by atoms with van der Waals surface area (Å²) in [6.07, 6.45) is 1.60. The predicted octanol–water partition coefficient (Wildman–Crippen LogP) is 2.17. The molecular formula is C23H25FN4O5. The molecule has 33 heavy (non-hydrogen) atoms. The van der Waals surface area contributed by atoms with Crippen LogP contribution in [0.5, 0.6) is 0 Å². The topological polar surface area (TPSA) is 113 Å². The lowest BCUT2D eigenvalue weighted by Gasteiger charge is -2.14. The summed E-state index contributed by atoms with van der Waals surface area (Å²) in [5.74, 6) is -1.57. The fraction of sp³-hybridized carbons (Fsp3) is 0.348. The number of anilines is 1.